The van der Waals surface area contributed by atoms with Gasteiger partial charge in [0.25, 0.3) is 0 Å². The number of carbonyl (C=O) groups excluding carboxylic acids is 1. The van der Waals surface area contributed by atoms with E-state index >= 15 is 0 Å². The number of hydrogen-bond acceptors (Lipinski definition) is 2. The van der Waals surface area contributed by atoms with Crippen LogP contribution in [0.4, 0.5) is 0 Å². The van der Waals surface area contributed by atoms with Crippen molar-refractivity contribution in [3.05, 3.63) is 71.8 Å². The van der Waals surface area contributed by atoms with Gasteiger partial charge in [-0.25, -0.2) is 0 Å². The van der Waals surface area contributed by atoms with Crippen molar-refractivity contribution in [2.75, 3.05) is 13.1 Å². The molecule has 3 heteroatoms. The van der Waals surface area contributed by atoms with Crippen LogP contribution in [0.2, 0.25) is 0 Å². The van der Waals surface area contributed by atoms with Crippen LogP contribution in [0, 0.1) is 0 Å². The van der Waals surface area contributed by atoms with Crippen molar-refractivity contribution in [3.8, 4) is 0 Å². The zero-order chi connectivity index (χ0) is 13.8. The summed E-state index contributed by atoms with van der Waals surface area (Å²) in [5.41, 5.74) is 2.30. The Morgan fingerprint density at radius 3 is 2.35 bits per heavy atom. The molecule has 0 saturated carbocycles. The lowest BCUT2D eigenvalue weighted by Crippen LogP contribution is -2.49. The van der Waals surface area contributed by atoms with Crippen molar-refractivity contribution in [2.45, 2.75) is 12.6 Å². The molecule has 1 fully saturated rings. The van der Waals surface area contributed by atoms with E-state index in [4.69, 9.17) is 0 Å². The quantitative estimate of drug-likeness (QED) is 0.925. The molecule has 3 rings (SSSR count). The van der Waals surface area contributed by atoms with Crippen molar-refractivity contribution < 1.29 is 4.79 Å². The molecule has 1 aliphatic heterocycles. The maximum absolute atomic E-state index is 12.2. The van der Waals surface area contributed by atoms with Crippen molar-refractivity contribution in [1.29, 1.82) is 0 Å². The summed E-state index contributed by atoms with van der Waals surface area (Å²) in [6, 6.07) is 20.1. The van der Waals surface area contributed by atoms with Crippen LogP contribution in [-0.2, 0) is 11.3 Å². The smallest absolute Gasteiger partial charge is 0.242 e. The summed E-state index contributed by atoms with van der Waals surface area (Å²) in [6.45, 7) is 2.39. The van der Waals surface area contributed by atoms with Gasteiger partial charge < -0.3 is 5.32 Å². The summed E-state index contributed by atoms with van der Waals surface area (Å²) < 4.78 is 0. The molecule has 0 aliphatic carbocycles. The average Bonchev–Trinajstić information content (AvgIpc) is 2.49. The fraction of sp³-hybridized carbons (Fsp3) is 0.235. The summed E-state index contributed by atoms with van der Waals surface area (Å²) in [4.78, 5) is 14.5. The van der Waals surface area contributed by atoms with Gasteiger partial charge in [0.05, 0.1) is 0 Å². The van der Waals surface area contributed by atoms with Gasteiger partial charge in [-0.3, -0.25) is 9.69 Å². The fourth-order valence-corrected chi connectivity index (χ4v) is 2.70. The highest BCUT2D eigenvalue weighted by atomic mass is 16.2. The minimum Gasteiger partial charge on any atom is -0.353 e. The van der Waals surface area contributed by atoms with Crippen LogP contribution in [0.1, 0.15) is 17.2 Å². The molecule has 3 nitrogen and oxygen atoms in total. The van der Waals surface area contributed by atoms with Gasteiger partial charge in [0, 0.05) is 19.6 Å². The van der Waals surface area contributed by atoms with E-state index in [1.807, 2.05) is 48.5 Å². The standard InChI is InChI=1S/C17H18N2O/c20-17-16(15-9-5-2-6-10-15)19(12-11-18-17)13-14-7-3-1-4-8-14/h1-10,16H,11-13H2,(H,18,20). The number of nitrogens with one attached hydrogen (secondary N) is 1. The Morgan fingerprint density at radius 1 is 1.00 bits per heavy atom. The molecular weight excluding hydrogens is 248 g/mol. The molecule has 1 N–H and O–H groups in total. The van der Waals surface area contributed by atoms with Gasteiger partial charge in [-0.1, -0.05) is 60.7 Å². The van der Waals surface area contributed by atoms with Gasteiger partial charge in [-0.2, -0.15) is 0 Å². The topological polar surface area (TPSA) is 32.3 Å². The second kappa shape index (κ2) is 5.88. The molecular formula is C17H18N2O. The van der Waals surface area contributed by atoms with E-state index in [-0.39, 0.29) is 11.9 Å². The molecule has 1 amide bonds. The second-order valence-corrected chi connectivity index (χ2v) is 5.06. The van der Waals surface area contributed by atoms with Crippen molar-refractivity contribution >= 4 is 5.91 Å². The minimum absolute atomic E-state index is 0.0957. The number of rotatable bonds is 3. The van der Waals surface area contributed by atoms with Crippen LogP contribution < -0.4 is 5.32 Å². The number of hydrogen-bond donors (Lipinski definition) is 1. The van der Waals surface area contributed by atoms with Crippen molar-refractivity contribution in [1.82, 2.24) is 10.2 Å². The van der Waals surface area contributed by atoms with E-state index in [0.717, 1.165) is 25.2 Å². The first kappa shape index (κ1) is 12.9. The zero-order valence-electron chi connectivity index (χ0n) is 11.3. The monoisotopic (exact) mass is 266 g/mol. The molecule has 0 bridgehead atoms. The maximum atomic E-state index is 12.2. The Balaban J connectivity index is 1.85. The molecule has 102 valence electrons. The maximum Gasteiger partial charge on any atom is 0.242 e. The Morgan fingerprint density at radius 2 is 1.65 bits per heavy atom. The molecule has 1 saturated heterocycles. The number of carbonyl (C=O) groups is 1. The van der Waals surface area contributed by atoms with Crippen molar-refractivity contribution in [3.63, 3.8) is 0 Å². The Hall–Kier alpha value is -2.13. The highest BCUT2D eigenvalue weighted by Crippen LogP contribution is 2.24. The molecule has 20 heavy (non-hydrogen) atoms. The molecule has 1 heterocycles. The predicted molar refractivity (Wildman–Crippen MR) is 79.0 cm³/mol. The van der Waals surface area contributed by atoms with Crippen LogP contribution in [-0.4, -0.2) is 23.9 Å². The first-order valence-corrected chi connectivity index (χ1v) is 6.95. The first-order chi connectivity index (χ1) is 9.84. The number of amides is 1. The van der Waals surface area contributed by atoms with Crippen LogP contribution in [0.15, 0.2) is 60.7 Å². The van der Waals surface area contributed by atoms with E-state index in [1.54, 1.807) is 0 Å². The summed E-state index contributed by atoms with van der Waals surface area (Å²) in [6.07, 6.45) is 0. The normalized spacial score (nSPS) is 19.6. The third kappa shape index (κ3) is 2.73. The average molecular weight is 266 g/mol. The Kier molecular flexibility index (Phi) is 3.79. The summed E-state index contributed by atoms with van der Waals surface area (Å²) in [5, 5.41) is 2.97. The van der Waals surface area contributed by atoms with E-state index in [2.05, 4.69) is 22.3 Å². The van der Waals surface area contributed by atoms with Gasteiger partial charge in [-0.05, 0) is 11.1 Å². The molecule has 0 spiro atoms. The molecule has 2 aromatic carbocycles. The third-order valence-corrected chi connectivity index (χ3v) is 3.66. The fourth-order valence-electron chi connectivity index (χ4n) is 2.70. The summed E-state index contributed by atoms with van der Waals surface area (Å²) in [5.74, 6) is 0.0957. The number of piperazine rings is 1. The van der Waals surface area contributed by atoms with Gasteiger partial charge >= 0.3 is 0 Å². The van der Waals surface area contributed by atoms with Crippen LogP contribution in [0.3, 0.4) is 0 Å². The zero-order valence-corrected chi connectivity index (χ0v) is 11.3. The molecule has 2 aromatic rings. The third-order valence-electron chi connectivity index (χ3n) is 3.66. The molecule has 0 aromatic heterocycles. The van der Waals surface area contributed by atoms with Gasteiger partial charge in [0.1, 0.15) is 6.04 Å². The van der Waals surface area contributed by atoms with E-state index < -0.39 is 0 Å². The highest BCUT2D eigenvalue weighted by molar-refractivity contribution is 5.83. The van der Waals surface area contributed by atoms with E-state index in [0.29, 0.717) is 0 Å². The Labute approximate surface area is 119 Å². The largest absolute Gasteiger partial charge is 0.353 e. The number of benzene rings is 2. The molecule has 1 unspecified atom stereocenters. The molecule has 1 aliphatic rings. The van der Waals surface area contributed by atoms with Crippen LogP contribution >= 0.6 is 0 Å². The number of nitrogens with zero attached hydrogens (tertiary/aromatic N) is 1. The summed E-state index contributed by atoms with van der Waals surface area (Å²) >= 11 is 0. The lowest BCUT2D eigenvalue weighted by Gasteiger charge is -2.35. The predicted octanol–water partition coefficient (Wildman–Crippen LogP) is 2.36. The first-order valence-electron chi connectivity index (χ1n) is 6.95. The van der Waals surface area contributed by atoms with Gasteiger partial charge in [-0.15, -0.1) is 0 Å². The molecule has 0 radical (unpaired) electrons. The summed E-state index contributed by atoms with van der Waals surface area (Å²) in [7, 11) is 0. The van der Waals surface area contributed by atoms with E-state index in [1.165, 1.54) is 5.56 Å². The minimum atomic E-state index is -0.190. The highest BCUT2D eigenvalue weighted by Gasteiger charge is 2.30. The Bertz CT molecular complexity index is 568. The van der Waals surface area contributed by atoms with Gasteiger partial charge in [0.15, 0.2) is 0 Å². The van der Waals surface area contributed by atoms with Crippen molar-refractivity contribution in [2.24, 2.45) is 0 Å². The van der Waals surface area contributed by atoms with Crippen LogP contribution in [0.25, 0.3) is 0 Å². The lowest BCUT2D eigenvalue weighted by molar-refractivity contribution is -0.129. The van der Waals surface area contributed by atoms with Crippen LogP contribution in [0.5, 0.6) is 0 Å². The molecule has 1 atom stereocenters. The second-order valence-electron chi connectivity index (χ2n) is 5.06. The van der Waals surface area contributed by atoms with Gasteiger partial charge in [0.2, 0.25) is 5.91 Å². The van der Waals surface area contributed by atoms with E-state index in [9.17, 15) is 4.79 Å². The SMILES string of the molecule is O=C1NCCN(Cc2ccccc2)C1c1ccccc1. The lowest BCUT2D eigenvalue weighted by atomic mass is 10.0.